The average molecular weight is 416 g/mol. The third-order valence-corrected chi connectivity index (χ3v) is 6.45. The number of anilines is 1. The number of amides is 1. The maximum absolute atomic E-state index is 13.2. The first-order valence-corrected chi connectivity index (χ1v) is 10.00. The van der Waals surface area contributed by atoms with E-state index in [1.54, 1.807) is 5.38 Å². The molecule has 27 heavy (non-hydrogen) atoms. The second kappa shape index (κ2) is 7.13. The van der Waals surface area contributed by atoms with Gasteiger partial charge in [0.15, 0.2) is 0 Å². The van der Waals surface area contributed by atoms with Crippen molar-refractivity contribution in [1.82, 2.24) is 0 Å². The Balaban J connectivity index is 1.85. The lowest BCUT2D eigenvalue weighted by molar-refractivity contribution is -0.136. The Morgan fingerprint density at radius 1 is 1.26 bits per heavy atom. The minimum Gasteiger partial charge on any atom is -0.321 e. The Labute approximate surface area is 165 Å². The minimum atomic E-state index is -4.60. The molecule has 2 nitrogen and oxygen atoms in total. The summed E-state index contributed by atoms with van der Waals surface area (Å²) in [6.45, 7) is 6.63. The maximum atomic E-state index is 13.2. The van der Waals surface area contributed by atoms with Crippen LogP contribution in [0, 0.1) is 11.3 Å². The van der Waals surface area contributed by atoms with E-state index in [1.165, 1.54) is 28.3 Å². The van der Waals surface area contributed by atoms with Crippen molar-refractivity contribution in [3.05, 3.63) is 50.2 Å². The van der Waals surface area contributed by atoms with Gasteiger partial charge < -0.3 is 5.32 Å². The SMILES string of the molecule is CC(C)(C)[C@@H]1CCc2c(C(=O)Nc3ccc(Cl)cc3C(F)(F)F)csc2C1. The summed E-state index contributed by atoms with van der Waals surface area (Å²) in [5.41, 5.74) is 0.418. The molecule has 3 rings (SSSR count). The zero-order chi connectivity index (χ0) is 20.0. The molecule has 2 aromatic rings. The normalized spacial score (nSPS) is 17.5. The number of rotatable bonds is 2. The van der Waals surface area contributed by atoms with E-state index in [9.17, 15) is 18.0 Å². The van der Waals surface area contributed by atoms with Crippen LogP contribution in [0.4, 0.5) is 18.9 Å². The van der Waals surface area contributed by atoms with Gasteiger partial charge in [-0.2, -0.15) is 13.2 Å². The van der Waals surface area contributed by atoms with Crippen LogP contribution >= 0.6 is 22.9 Å². The van der Waals surface area contributed by atoms with E-state index >= 15 is 0 Å². The summed E-state index contributed by atoms with van der Waals surface area (Å²) in [4.78, 5) is 13.9. The van der Waals surface area contributed by atoms with Crippen LogP contribution in [0.1, 0.15) is 53.6 Å². The van der Waals surface area contributed by atoms with Crippen LogP contribution in [-0.4, -0.2) is 5.91 Å². The van der Waals surface area contributed by atoms with Crippen molar-refractivity contribution < 1.29 is 18.0 Å². The van der Waals surface area contributed by atoms with E-state index in [0.717, 1.165) is 30.9 Å². The van der Waals surface area contributed by atoms with Gasteiger partial charge in [-0.25, -0.2) is 0 Å². The topological polar surface area (TPSA) is 29.1 Å². The number of fused-ring (bicyclic) bond motifs is 1. The fourth-order valence-corrected chi connectivity index (χ4v) is 4.82. The monoisotopic (exact) mass is 415 g/mol. The zero-order valence-electron chi connectivity index (χ0n) is 15.3. The van der Waals surface area contributed by atoms with Crippen molar-refractivity contribution in [3.8, 4) is 0 Å². The van der Waals surface area contributed by atoms with Gasteiger partial charge in [0.1, 0.15) is 0 Å². The molecule has 1 aromatic heterocycles. The van der Waals surface area contributed by atoms with Crippen LogP contribution in [0.2, 0.25) is 5.02 Å². The number of nitrogens with one attached hydrogen (secondary N) is 1. The van der Waals surface area contributed by atoms with Gasteiger partial charge >= 0.3 is 6.18 Å². The Bertz CT molecular complexity index is 867. The lowest BCUT2D eigenvalue weighted by atomic mass is 9.72. The van der Waals surface area contributed by atoms with Crippen molar-refractivity contribution >= 4 is 34.5 Å². The second-order valence-corrected chi connectivity index (χ2v) is 9.40. The molecule has 0 unspecified atom stereocenters. The number of hydrogen-bond donors (Lipinski definition) is 1. The van der Waals surface area contributed by atoms with Gasteiger partial charge in [0.05, 0.1) is 16.8 Å². The summed E-state index contributed by atoms with van der Waals surface area (Å²) >= 11 is 7.21. The van der Waals surface area contributed by atoms with E-state index in [-0.39, 0.29) is 16.1 Å². The predicted octanol–water partition coefficient (Wildman–Crippen LogP) is 6.82. The van der Waals surface area contributed by atoms with Crippen LogP contribution in [0.15, 0.2) is 23.6 Å². The Morgan fingerprint density at radius 3 is 2.59 bits per heavy atom. The molecule has 0 bridgehead atoms. The summed E-state index contributed by atoms with van der Waals surface area (Å²) in [7, 11) is 0. The molecule has 0 saturated heterocycles. The van der Waals surface area contributed by atoms with Gasteiger partial charge in [-0.05, 0) is 54.4 Å². The molecule has 146 valence electrons. The number of carbonyl (C=O) groups is 1. The predicted molar refractivity (Wildman–Crippen MR) is 104 cm³/mol. The summed E-state index contributed by atoms with van der Waals surface area (Å²) in [6, 6.07) is 3.36. The smallest absolute Gasteiger partial charge is 0.321 e. The van der Waals surface area contributed by atoms with Gasteiger partial charge in [-0.15, -0.1) is 11.3 Å². The van der Waals surface area contributed by atoms with Crippen LogP contribution in [0.3, 0.4) is 0 Å². The van der Waals surface area contributed by atoms with E-state index in [2.05, 4.69) is 26.1 Å². The Morgan fingerprint density at radius 2 is 1.96 bits per heavy atom. The van der Waals surface area contributed by atoms with Gasteiger partial charge in [0.2, 0.25) is 0 Å². The van der Waals surface area contributed by atoms with Gasteiger partial charge in [-0.1, -0.05) is 32.4 Å². The van der Waals surface area contributed by atoms with Crippen LogP contribution in [0.5, 0.6) is 0 Å². The highest BCUT2D eigenvalue weighted by Gasteiger charge is 2.35. The van der Waals surface area contributed by atoms with E-state index < -0.39 is 17.6 Å². The number of benzene rings is 1. The molecular formula is C20H21ClF3NOS. The quantitative estimate of drug-likeness (QED) is 0.572. The molecule has 1 amide bonds. The summed E-state index contributed by atoms with van der Waals surface area (Å²) in [5, 5.41) is 4.16. The largest absolute Gasteiger partial charge is 0.418 e. The molecule has 0 radical (unpaired) electrons. The first-order chi connectivity index (χ1) is 12.5. The lowest BCUT2D eigenvalue weighted by Gasteiger charge is -2.34. The number of carbonyl (C=O) groups excluding carboxylic acids is 1. The van der Waals surface area contributed by atoms with Gasteiger partial charge in [0.25, 0.3) is 5.91 Å². The van der Waals surface area contributed by atoms with Crippen molar-refractivity contribution in [2.45, 2.75) is 46.2 Å². The Kier molecular flexibility index (Phi) is 5.34. The summed E-state index contributed by atoms with van der Waals surface area (Å²) in [6.07, 6.45) is -1.94. The minimum absolute atomic E-state index is 0.0264. The molecule has 1 aromatic carbocycles. The molecule has 7 heteroatoms. The highest BCUT2D eigenvalue weighted by molar-refractivity contribution is 7.10. The molecule has 1 aliphatic carbocycles. The highest BCUT2D eigenvalue weighted by atomic mass is 35.5. The molecule has 1 atom stereocenters. The standard InChI is InChI=1S/C20H21ClF3NOS/c1-19(2,3)11-4-6-13-14(10-27-17(13)8-11)18(26)25-16-7-5-12(21)9-15(16)20(22,23)24/h5,7,9-11H,4,6,8H2,1-3H3,(H,25,26)/t11-/m1/s1. The van der Waals surface area contributed by atoms with Gasteiger partial charge in [-0.3, -0.25) is 4.79 Å². The zero-order valence-corrected chi connectivity index (χ0v) is 16.9. The van der Waals surface area contributed by atoms with Crippen LogP contribution in [0.25, 0.3) is 0 Å². The fourth-order valence-electron chi connectivity index (χ4n) is 3.49. The van der Waals surface area contributed by atoms with E-state index in [4.69, 9.17) is 11.6 Å². The van der Waals surface area contributed by atoms with Crippen molar-refractivity contribution in [2.75, 3.05) is 5.32 Å². The first kappa shape index (κ1) is 20.2. The van der Waals surface area contributed by atoms with Crippen molar-refractivity contribution in [1.29, 1.82) is 0 Å². The molecule has 1 heterocycles. The van der Waals surface area contributed by atoms with Crippen LogP contribution < -0.4 is 5.32 Å². The van der Waals surface area contributed by atoms with Crippen LogP contribution in [-0.2, 0) is 19.0 Å². The number of thiophene rings is 1. The third kappa shape index (κ3) is 4.32. The molecule has 0 fully saturated rings. The second-order valence-electron chi connectivity index (χ2n) is 8.00. The fraction of sp³-hybridized carbons (Fsp3) is 0.450. The van der Waals surface area contributed by atoms with E-state index in [1.807, 2.05) is 0 Å². The molecule has 1 aliphatic rings. The van der Waals surface area contributed by atoms with Crippen molar-refractivity contribution in [2.24, 2.45) is 11.3 Å². The highest BCUT2D eigenvalue weighted by Crippen LogP contribution is 2.41. The van der Waals surface area contributed by atoms with Gasteiger partial charge in [0, 0.05) is 15.3 Å². The number of alkyl halides is 3. The third-order valence-electron chi connectivity index (χ3n) is 5.16. The van der Waals surface area contributed by atoms with Crippen molar-refractivity contribution in [3.63, 3.8) is 0 Å². The molecule has 1 N–H and O–H groups in total. The molecule has 0 saturated carbocycles. The average Bonchev–Trinajstić information content (AvgIpc) is 2.98. The number of hydrogen-bond acceptors (Lipinski definition) is 2. The maximum Gasteiger partial charge on any atom is 0.418 e. The molecule has 0 spiro atoms. The Hall–Kier alpha value is -1.53. The summed E-state index contributed by atoms with van der Waals surface area (Å²) in [5.74, 6) is 0.0298. The lowest BCUT2D eigenvalue weighted by Crippen LogP contribution is -2.27. The molecular weight excluding hydrogens is 395 g/mol. The molecule has 0 aliphatic heterocycles. The van der Waals surface area contributed by atoms with E-state index in [0.29, 0.717) is 11.5 Å². The first-order valence-electron chi connectivity index (χ1n) is 8.74. The number of halogens is 4. The summed E-state index contributed by atoms with van der Waals surface area (Å²) < 4.78 is 39.7.